The van der Waals surface area contributed by atoms with Gasteiger partial charge in [0.2, 0.25) is 0 Å². The lowest BCUT2D eigenvalue weighted by atomic mass is 10.4. The van der Waals surface area contributed by atoms with E-state index in [9.17, 15) is 0 Å². The van der Waals surface area contributed by atoms with Gasteiger partial charge in [-0.15, -0.1) is 24.0 Å². The summed E-state index contributed by atoms with van der Waals surface area (Å²) in [5.41, 5.74) is 0. The van der Waals surface area contributed by atoms with Crippen LogP contribution in [-0.2, 0) is 4.74 Å². The van der Waals surface area contributed by atoms with E-state index in [0.717, 1.165) is 57.2 Å². The summed E-state index contributed by atoms with van der Waals surface area (Å²) < 4.78 is 5.19. The van der Waals surface area contributed by atoms with Crippen molar-refractivity contribution >= 4 is 29.9 Å². The van der Waals surface area contributed by atoms with Crippen LogP contribution >= 0.6 is 24.0 Å². The molecular weight excluding hydrogens is 379 g/mol. The number of hydrogen-bond acceptors (Lipinski definition) is 3. The van der Waals surface area contributed by atoms with Gasteiger partial charge in [-0.05, 0) is 38.5 Å². The zero-order valence-corrected chi connectivity index (χ0v) is 15.8. The Hall–Kier alpha value is -0.0800. The molecule has 0 amide bonds. The van der Waals surface area contributed by atoms with Crippen LogP contribution in [0, 0.1) is 5.92 Å². The van der Waals surface area contributed by atoms with Crippen LogP contribution in [0.15, 0.2) is 4.99 Å². The number of guanidine groups is 1. The van der Waals surface area contributed by atoms with Gasteiger partial charge in [-0.3, -0.25) is 9.89 Å². The minimum Gasteiger partial charge on any atom is -0.383 e. The smallest absolute Gasteiger partial charge is 0.191 e. The predicted molar refractivity (Wildman–Crippen MR) is 98.6 cm³/mol. The number of nitrogens with zero attached hydrogens (tertiary/aromatic N) is 2. The van der Waals surface area contributed by atoms with Crippen molar-refractivity contribution in [1.82, 2.24) is 15.5 Å². The number of nitrogens with one attached hydrogen (secondary N) is 2. The van der Waals surface area contributed by atoms with E-state index in [-0.39, 0.29) is 24.0 Å². The normalized spacial score (nSPS) is 18.5. The third-order valence-electron chi connectivity index (χ3n) is 3.89. The summed E-state index contributed by atoms with van der Waals surface area (Å²) in [6.45, 7) is 7.91. The van der Waals surface area contributed by atoms with Crippen molar-refractivity contribution in [2.75, 3.05) is 46.4 Å². The average molecular weight is 410 g/mol. The van der Waals surface area contributed by atoms with Gasteiger partial charge in [0.25, 0.3) is 0 Å². The van der Waals surface area contributed by atoms with Gasteiger partial charge in [0.15, 0.2) is 5.96 Å². The molecule has 21 heavy (non-hydrogen) atoms. The lowest BCUT2D eigenvalue weighted by Crippen LogP contribution is -2.42. The standard InChI is InChI=1S/C15H30N4O.HI/c1-3-16-15(18-12-13-4-5-13)17-8-9-19(10-11-20-2)14-6-7-14;/h13-14H,3-12H2,1-2H3,(H2,16,17,18);1H. The number of halogens is 1. The first-order valence-corrected chi connectivity index (χ1v) is 8.08. The Morgan fingerprint density at radius 2 is 1.95 bits per heavy atom. The van der Waals surface area contributed by atoms with Crippen LogP contribution in [0.3, 0.4) is 0 Å². The molecule has 2 aliphatic rings. The molecule has 0 bridgehead atoms. The Kier molecular flexibility index (Phi) is 9.59. The summed E-state index contributed by atoms with van der Waals surface area (Å²) in [6, 6.07) is 0.790. The molecular formula is C15H31IN4O. The van der Waals surface area contributed by atoms with Gasteiger partial charge < -0.3 is 15.4 Å². The molecule has 0 radical (unpaired) electrons. The van der Waals surface area contributed by atoms with Crippen LogP contribution in [0.1, 0.15) is 32.6 Å². The second-order valence-corrected chi connectivity index (χ2v) is 5.85. The molecule has 0 heterocycles. The molecule has 0 atom stereocenters. The van der Waals surface area contributed by atoms with Gasteiger partial charge in [-0.1, -0.05) is 0 Å². The van der Waals surface area contributed by atoms with E-state index >= 15 is 0 Å². The van der Waals surface area contributed by atoms with Crippen molar-refractivity contribution in [3.63, 3.8) is 0 Å². The molecule has 2 saturated carbocycles. The van der Waals surface area contributed by atoms with Gasteiger partial charge >= 0.3 is 0 Å². The van der Waals surface area contributed by atoms with Crippen LogP contribution in [0.2, 0.25) is 0 Å². The Morgan fingerprint density at radius 3 is 2.52 bits per heavy atom. The number of methoxy groups -OCH3 is 1. The molecule has 124 valence electrons. The highest BCUT2D eigenvalue weighted by Gasteiger charge is 2.28. The van der Waals surface area contributed by atoms with E-state index in [4.69, 9.17) is 4.74 Å². The van der Waals surface area contributed by atoms with Crippen molar-refractivity contribution in [2.24, 2.45) is 10.9 Å². The van der Waals surface area contributed by atoms with E-state index in [0.29, 0.717) is 0 Å². The SMILES string of the molecule is CCNC(=NCC1CC1)NCCN(CCOC)C1CC1.I. The second-order valence-electron chi connectivity index (χ2n) is 5.85. The summed E-state index contributed by atoms with van der Waals surface area (Å²) in [5.74, 6) is 1.82. The van der Waals surface area contributed by atoms with Gasteiger partial charge in [-0.2, -0.15) is 0 Å². The fourth-order valence-electron chi connectivity index (χ4n) is 2.31. The molecule has 0 aromatic carbocycles. The highest BCUT2D eigenvalue weighted by Crippen LogP contribution is 2.28. The van der Waals surface area contributed by atoms with E-state index < -0.39 is 0 Å². The minimum absolute atomic E-state index is 0. The zero-order valence-electron chi connectivity index (χ0n) is 13.4. The van der Waals surface area contributed by atoms with Crippen LogP contribution in [0.5, 0.6) is 0 Å². The molecule has 5 nitrogen and oxygen atoms in total. The number of ether oxygens (including phenoxy) is 1. The monoisotopic (exact) mass is 410 g/mol. The van der Waals surface area contributed by atoms with Crippen molar-refractivity contribution in [2.45, 2.75) is 38.6 Å². The summed E-state index contributed by atoms with van der Waals surface area (Å²) in [6.07, 6.45) is 5.41. The average Bonchev–Trinajstić information content (AvgIpc) is 3.32. The van der Waals surface area contributed by atoms with Crippen molar-refractivity contribution < 1.29 is 4.74 Å². The quantitative estimate of drug-likeness (QED) is 0.327. The molecule has 2 rings (SSSR count). The highest BCUT2D eigenvalue weighted by molar-refractivity contribution is 14.0. The minimum atomic E-state index is 0. The summed E-state index contributed by atoms with van der Waals surface area (Å²) >= 11 is 0. The molecule has 0 saturated heterocycles. The predicted octanol–water partition coefficient (Wildman–Crippen LogP) is 1.68. The molecule has 6 heteroatoms. The number of rotatable bonds is 10. The topological polar surface area (TPSA) is 48.9 Å². The largest absolute Gasteiger partial charge is 0.383 e. The number of hydrogen-bond donors (Lipinski definition) is 2. The Balaban J connectivity index is 0.00000220. The van der Waals surface area contributed by atoms with Crippen LogP contribution < -0.4 is 10.6 Å². The first kappa shape index (κ1) is 19.0. The summed E-state index contributed by atoms with van der Waals surface area (Å²) in [7, 11) is 1.77. The fraction of sp³-hybridized carbons (Fsp3) is 0.933. The maximum Gasteiger partial charge on any atom is 0.191 e. The Bertz CT molecular complexity index is 306. The lowest BCUT2D eigenvalue weighted by Gasteiger charge is -2.22. The molecule has 0 aromatic heterocycles. The maximum absolute atomic E-state index is 5.19. The van der Waals surface area contributed by atoms with Crippen LogP contribution in [-0.4, -0.2) is 63.3 Å². The zero-order chi connectivity index (χ0) is 14.2. The van der Waals surface area contributed by atoms with Crippen molar-refractivity contribution in [1.29, 1.82) is 0 Å². The first-order chi connectivity index (χ1) is 9.83. The second kappa shape index (κ2) is 10.6. The molecule has 0 aromatic rings. The van der Waals surface area contributed by atoms with E-state index in [1.54, 1.807) is 7.11 Å². The summed E-state index contributed by atoms with van der Waals surface area (Å²) in [4.78, 5) is 7.17. The Morgan fingerprint density at radius 1 is 1.19 bits per heavy atom. The first-order valence-electron chi connectivity index (χ1n) is 8.08. The number of aliphatic imine (C=N–C) groups is 1. The lowest BCUT2D eigenvalue weighted by molar-refractivity contribution is 0.144. The summed E-state index contributed by atoms with van der Waals surface area (Å²) in [5, 5.41) is 6.77. The molecule has 0 unspecified atom stereocenters. The van der Waals surface area contributed by atoms with Crippen LogP contribution in [0.4, 0.5) is 0 Å². The molecule has 0 spiro atoms. The van der Waals surface area contributed by atoms with Crippen molar-refractivity contribution in [3.05, 3.63) is 0 Å². The van der Waals surface area contributed by atoms with Gasteiger partial charge in [0.05, 0.1) is 6.61 Å². The molecule has 2 aliphatic carbocycles. The Labute approximate surface area is 146 Å². The maximum atomic E-state index is 5.19. The third kappa shape index (κ3) is 8.21. The van der Waals surface area contributed by atoms with E-state index in [1.807, 2.05) is 0 Å². The van der Waals surface area contributed by atoms with E-state index in [2.05, 4.69) is 27.4 Å². The van der Waals surface area contributed by atoms with Gasteiger partial charge in [-0.25, -0.2) is 0 Å². The fourth-order valence-corrected chi connectivity index (χ4v) is 2.31. The molecule has 2 fully saturated rings. The highest BCUT2D eigenvalue weighted by atomic mass is 127. The third-order valence-corrected chi connectivity index (χ3v) is 3.89. The van der Waals surface area contributed by atoms with Gasteiger partial charge in [0, 0.05) is 45.9 Å². The van der Waals surface area contributed by atoms with Gasteiger partial charge in [0.1, 0.15) is 0 Å². The molecule has 2 N–H and O–H groups in total. The van der Waals surface area contributed by atoms with Crippen LogP contribution in [0.25, 0.3) is 0 Å². The molecule has 0 aliphatic heterocycles. The van der Waals surface area contributed by atoms with Crippen molar-refractivity contribution in [3.8, 4) is 0 Å². The van der Waals surface area contributed by atoms with E-state index in [1.165, 1.54) is 25.7 Å².